The number of nitrogens with one attached hydrogen (secondary N) is 2. The molecule has 1 rings (SSSR count). The Morgan fingerprint density at radius 3 is 1.39 bits per heavy atom. The second-order valence-electron chi connectivity index (χ2n) is 26.6. The Kier molecular flexibility index (Phi) is 32.8. The standard InChI is InChI=1S/C62H109B3N11O12/c1-25-27-28-40(15)52(78)51-54(80)66-43(26-2)57(83)68(18)33-48(77)69(19)44(29-34(3)4)53(79)67-49(38(11)12)61(87)72(22)47(32-37(9)10)60(86)75(64)41(16)56(82)76(65-63)42(17)55(81)70(20)45(30-35(5)6)58(84)71(21)46(31-36(7)8)59(85)73(23)50(39(13)14)62(88)74(51)24/h25,27,34-47,49-52,78H,26,28-33H2,1-24H3,(H,66,80)(H,67,79). The maximum Gasteiger partial charge on any atom is 0.246 e. The molecule has 12 atom stereocenters. The van der Waals surface area contributed by atoms with Crippen LogP contribution in [0, 0.1) is 41.4 Å². The fourth-order valence-electron chi connectivity index (χ4n) is 11.1. The van der Waals surface area contributed by atoms with Gasteiger partial charge in [-0.2, -0.15) is 0 Å². The van der Waals surface area contributed by atoms with Crippen molar-refractivity contribution in [3.8, 4) is 0 Å². The lowest BCUT2D eigenvalue weighted by Gasteiger charge is -2.42. The maximum atomic E-state index is 15.2. The molecule has 1 aliphatic heterocycles. The molecule has 11 amide bonds. The number of rotatable bonds is 16. The highest BCUT2D eigenvalue weighted by molar-refractivity contribution is 6.89. The van der Waals surface area contributed by atoms with Crippen LogP contribution in [0.2, 0.25) is 0 Å². The zero-order valence-corrected chi connectivity index (χ0v) is 57.7. The van der Waals surface area contributed by atoms with Gasteiger partial charge in [0.25, 0.3) is 0 Å². The molecule has 0 aromatic carbocycles. The van der Waals surface area contributed by atoms with Crippen LogP contribution in [0.1, 0.15) is 156 Å². The summed E-state index contributed by atoms with van der Waals surface area (Å²) < 4.78 is 0. The van der Waals surface area contributed by atoms with E-state index in [0.717, 1.165) is 21.9 Å². The number of aliphatic hydroxyl groups is 1. The van der Waals surface area contributed by atoms with Gasteiger partial charge in [0.1, 0.15) is 48.3 Å². The van der Waals surface area contributed by atoms with Crippen molar-refractivity contribution in [1.82, 2.24) is 54.6 Å². The first-order valence-corrected chi connectivity index (χ1v) is 31.3. The van der Waals surface area contributed by atoms with E-state index in [1.54, 1.807) is 60.6 Å². The van der Waals surface area contributed by atoms with E-state index in [-0.39, 0.29) is 55.8 Å². The Balaban J connectivity index is 4.45. The summed E-state index contributed by atoms with van der Waals surface area (Å²) in [6.45, 7) is 28.9. The number of amides is 11. The highest BCUT2D eigenvalue weighted by Gasteiger charge is 2.46. The molecule has 0 aliphatic carbocycles. The molecule has 1 fully saturated rings. The third-order valence-corrected chi connectivity index (χ3v) is 16.8. The van der Waals surface area contributed by atoms with E-state index in [1.807, 2.05) is 55.4 Å². The number of hydrogen-bond acceptors (Lipinski definition) is 12. The van der Waals surface area contributed by atoms with Crippen molar-refractivity contribution < 1.29 is 57.8 Å². The van der Waals surface area contributed by atoms with E-state index in [4.69, 9.17) is 15.7 Å². The summed E-state index contributed by atoms with van der Waals surface area (Å²) in [4.78, 5) is 172. The Bertz CT molecular complexity index is 2430. The molecule has 3 N–H and O–H groups in total. The third kappa shape index (κ3) is 21.1. The molecule has 26 heteroatoms. The Hall–Kier alpha value is -5.94. The number of allylic oxidation sites excluding steroid dienone is 2. The van der Waals surface area contributed by atoms with Crippen molar-refractivity contribution in [2.24, 2.45) is 41.4 Å². The van der Waals surface area contributed by atoms with E-state index >= 15 is 14.4 Å². The van der Waals surface area contributed by atoms with Crippen molar-refractivity contribution in [3.05, 3.63) is 12.2 Å². The minimum Gasteiger partial charge on any atom is -0.390 e. The first-order chi connectivity index (χ1) is 40.6. The van der Waals surface area contributed by atoms with E-state index < -0.39 is 156 Å². The van der Waals surface area contributed by atoms with Gasteiger partial charge in [-0.15, -0.1) is 0 Å². The van der Waals surface area contributed by atoms with E-state index in [9.17, 15) is 43.5 Å². The third-order valence-electron chi connectivity index (χ3n) is 16.8. The summed E-state index contributed by atoms with van der Waals surface area (Å²) in [5, 5.41) is 17.7. The average Bonchev–Trinajstić information content (AvgIpc) is 2.33. The molecule has 0 bridgehead atoms. The topological polar surface area (TPSA) is 261 Å². The van der Waals surface area contributed by atoms with Crippen molar-refractivity contribution in [2.45, 2.75) is 223 Å². The lowest BCUT2D eigenvalue weighted by Crippen LogP contribution is -2.63. The molecule has 0 aromatic heterocycles. The van der Waals surface area contributed by atoms with Crippen LogP contribution >= 0.6 is 0 Å². The number of nitrogens with zero attached hydrogens (tertiary/aromatic N) is 9. The van der Waals surface area contributed by atoms with Crippen LogP contribution in [0.15, 0.2) is 12.2 Å². The van der Waals surface area contributed by atoms with Crippen LogP contribution in [-0.4, -0.2) is 259 Å². The highest BCUT2D eigenvalue weighted by Crippen LogP contribution is 2.26. The smallest absolute Gasteiger partial charge is 0.246 e. The molecular formula is C62H109B3N11O12. The van der Waals surface area contributed by atoms with Gasteiger partial charge in [-0.05, 0) is 101 Å². The molecular weight excluding hydrogens is 1120 g/mol. The number of carbonyl (C=O) groups excluding carboxylic acids is 11. The van der Waals surface area contributed by atoms with Crippen LogP contribution in [0.4, 0.5) is 0 Å². The van der Waals surface area contributed by atoms with Gasteiger partial charge in [0, 0.05) is 57.1 Å². The molecule has 1 aliphatic rings. The van der Waals surface area contributed by atoms with Gasteiger partial charge >= 0.3 is 0 Å². The monoisotopic (exact) mass is 1230 g/mol. The zero-order chi connectivity index (χ0) is 68.4. The summed E-state index contributed by atoms with van der Waals surface area (Å²) in [7, 11) is 23.3. The fourth-order valence-corrected chi connectivity index (χ4v) is 11.1. The van der Waals surface area contributed by atoms with Crippen LogP contribution in [0.25, 0.3) is 0 Å². The van der Waals surface area contributed by atoms with Gasteiger partial charge < -0.3 is 59.7 Å². The lowest BCUT2D eigenvalue weighted by molar-refractivity contribution is -0.157. The first-order valence-electron chi connectivity index (χ1n) is 31.3. The van der Waals surface area contributed by atoms with Gasteiger partial charge in [-0.1, -0.05) is 109 Å². The fraction of sp³-hybridized carbons (Fsp3) is 0.790. The summed E-state index contributed by atoms with van der Waals surface area (Å²) in [5.41, 5.74) is 0. The molecule has 1 heterocycles. The molecule has 5 radical (unpaired) electrons. The Labute approximate surface area is 530 Å². The normalized spacial score (nSPS) is 26.6. The molecule has 1 saturated heterocycles. The van der Waals surface area contributed by atoms with Crippen LogP contribution in [-0.2, 0) is 52.7 Å². The summed E-state index contributed by atoms with van der Waals surface area (Å²) in [6, 6.07) is -13.2. The number of hydrogen-bond donors (Lipinski definition) is 3. The predicted octanol–water partition coefficient (Wildman–Crippen LogP) is 2.48. The Morgan fingerprint density at radius 1 is 0.523 bits per heavy atom. The SMILES string of the molecule is [B][B]N1C(=O)C(C)N([B])C(=O)C(CC(C)C)N(C)C(=O)C(C(C)C)NC(=O)C(CC(C)C)N(C)C(=O)CN(C)C(=O)C(CC)NC(=O)C(C(O)C(C)CC=CC)N(C)C(=O)C(C(C)C)N(C)C(=O)C(CC(C)C)N(C)C(=O)C(CC(C)C)N(C)C(=O)C1C. The van der Waals surface area contributed by atoms with Crippen molar-refractivity contribution >= 4 is 88.0 Å². The minimum absolute atomic E-state index is 0.0101. The molecule has 0 spiro atoms. The largest absolute Gasteiger partial charge is 0.390 e. The summed E-state index contributed by atoms with van der Waals surface area (Å²) in [6.07, 6.45) is 2.78. The molecule has 0 saturated carbocycles. The van der Waals surface area contributed by atoms with Crippen LogP contribution in [0.5, 0.6) is 0 Å². The van der Waals surface area contributed by atoms with Crippen molar-refractivity contribution in [1.29, 1.82) is 0 Å². The molecule has 12 unspecified atom stereocenters. The second kappa shape index (κ2) is 36.0. The number of carbonyl (C=O) groups is 11. The van der Waals surface area contributed by atoms with E-state index in [1.165, 1.54) is 87.7 Å². The van der Waals surface area contributed by atoms with Gasteiger partial charge in [0.15, 0.2) is 7.31 Å². The lowest BCUT2D eigenvalue weighted by atomic mass is 9.64. The second-order valence-corrected chi connectivity index (χ2v) is 26.6. The van der Waals surface area contributed by atoms with Crippen LogP contribution < -0.4 is 10.6 Å². The van der Waals surface area contributed by atoms with Gasteiger partial charge in [-0.3, -0.25) is 52.7 Å². The molecule has 88 heavy (non-hydrogen) atoms. The van der Waals surface area contributed by atoms with Gasteiger partial charge in [0.2, 0.25) is 73.0 Å². The van der Waals surface area contributed by atoms with E-state index in [0.29, 0.717) is 11.2 Å². The number of likely N-dealkylation sites (N-methyl/N-ethyl adjacent to an activating group) is 7. The van der Waals surface area contributed by atoms with Crippen molar-refractivity contribution in [2.75, 3.05) is 55.9 Å². The van der Waals surface area contributed by atoms with E-state index in [2.05, 4.69) is 10.6 Å². The summed E-state index contributed by atoms with van der Waals surface area (Å²) >= 11 is 0. The molecule has 493 valence electrons. The highest BCUT2D eigenvalue weighted by atomic mass is 16.3. The first kappa shape index (κ1) is 80.1. The minimum atomic E-state index is -1.63. The molecule has 23 nitrogen and oxygen atoms in total. The predicted molar refractivity (Wildman–Crippen MR) is 343 cm³/mol. The quantitative estimate of drug-likeness (QED) is 0.149. The van der Waals surface area contributed by atoms with Crippen LogP contribution in [0.3, 0.4) is 0 Å². The van der Waals surface area contributed by atoms with Crippen molar-refractivity contribution in [3.63, 3.8) is 0 Å². The van der Waals surface area contributed by atoms with Gasteiger partial charge in [0.05, 0.1) is 24.7 Å². The Morgan fingerprint density at radius 2 is 0.955 bits per heavy atom. The van der Waals surface area contributed by atoms with Gasteiger partial charge in [-0.25, -0.2) is 0 Å². The zero-order valence-electron chi connectivity index (χ0n) is 57.7. The maximum absolute atomic E-state index is 15.2. The summed E-state index contributed by atoms with van der Waals surface area (Å²) in [5.74, 6) is -10.6. The molecule has 0 aromatic rings. The number of aliphatic hydroxyl groups excluding tert-OH is 1. The average molecular weight is 1230 g/mol.